The average Bonchev–Trinajstić information content (AvgIpc) is 3.20. The van der Waals surface area contributed by atoms with Crippen LogP contribution in [0, 0.1) is 11.8 Å². The highest BCUT2D eigenvalue weighted by Gasteiger charge is 2.48. The Labute approximate surface area is 350 Å². The van der Waals surface area contributed by atoms with Crippen molar-refractivity contribution >= 4 is 45.4 Å². The van der Waals surface area contributed by atoms with Gasteiger partial charge in [0.05, 0.1) is 5.41 Å². The normalized spacial score (nSPS) is 21.4. The van der Waals surface area contributed by atoms with E-state index in [1.54, 1.807) is 0 Å². The lowest BCUT2D eigenvalue weighted by Gasteiger charge is -2.47. The molecule has 4 aromatic carbocycles. The molecule has 55 heavy (non-hydrogen) atoms. The molecular formula is C49H63AlCl2N2O. The van der Waals surface area contributed by atoms with Crippen molar-refractivity contribution in [3.05, 3.63) is 141 Å². The summed E-state index contributed by atoms with van der Waals surface area (Å²) in [6.45, 7) is 5.62. The molecule has 4 fully saturated rings. The van der Waals surface area contributed by atoms with E-state index in [1.165, 1.54) is 110 Å². The zero-order valence-electron chi connectivity index (χ0n) is 33.5. The van der Waals surface area contributed by atoms with Crippen molar-refractivity contribution in [3.8, 4) is 0 Å². The third kappa shape index (κ3) is 11.1. The van der Waals surface area contributed by atoms with Gasteiger partial charge in [0.1, 0.15) is 0 Å². The van der Waals surface area contributed by atoms with Crippen LogP contribution >= 0.6 is 23.2 Å². The first-order chi connectivity index (χ1) is 26.9. The van der Waals surface area contributed by atoms with Gasteiger partial charge in [0.15, 0.2) is 0 Å². The van der Waals surface area contributed by atoms with Gasteiger partial charge < -0.3 is 9.80 Å². The summed E-state index contributed by atoms with van der Waals surface area (Å²) in [5.41, 5.74) is 5.62. The second-order valence-electron chi connectivity index (χ2n) is 16.6. The minimum atomic E-state index is -0.300. The molecule has 2 heterocycles. The van der Waals surface area contributed by atoms with Gasteiger partial charge >= 0.3 is 0 Å². The molecule has 1 amide bonds. The van der Waals surface area contributed by atoms with Gasteiger partial charge in [0.2, 0.25) is 22.2 Å². The molecule has 4 aromatic rings. The van der Waals surface area contributed by atoms with E-state index in [1.807, 2.05) is 12.1 Å². The van der Waals surface area contributed by atoms with Crippen molar-refractivity contribution in [2.24, 2.45) is 11.8 Å². The van der Waals surface area contributed by atoms with Crippen LogP contribution in [0.4, 0.5) is 0 Å². The van der Waals surface area contributed by atoms with E-state index in [4.69, 9.17) is 23.2 Å². The van der Waals surface area contributed by atoms with Crippen LogP contribution in [0.5, 0.6) is 0 Å². The van der Waals surface area contributed by atoms with Crippen LogP contribution in [0.25, 0.3) is 0 Å². The molecule has 3 nitrogen and oxygen atoms in total. The number of halogens is 2. The van der Waals surface area contributed by atoms with Gasteiger partial charge in [-0.15, -0.1) is 5.79 Å². The Kier molecular flexibility index (Phi) is 15.8. The van der Waals surface area contributed by atoms with E-state index in [0.717, 1.165) is 66.7 Å². The summed E-state index contributed by atoms with van der Waals surface area (Å²) in [6, 6.07) is 38.3. The number of hydrogen-bond acceptors (Lipinski definition) is 2. The van der Waals surface area contributed by atoms with E-state index in [-0.39, 0.29) is 5.41 Å². The first-order valence-corrected chi connectivity index (χ1v) is 24.3. The molecule has 8 rings (SSSR count). The lowest BCUT2D eigenvalue weighted by molar-refractivity contribution is -0.142. The largest absolute Gasteiger partial charge is 0.342 e. The van der Waals surface area contributed by atoms with Crippen LogP contribution in [0.15, 0.2) is 109 Å². The van der Waals surface area contributed by atoms with E-state index >= 15 is 0 Å². The third-order valence-corrected chi connectivity index (χ3v) is 13.6. The van der Waals surface area contributed by atoms with Crippen molar-refractivity contribution in [2.45, 2.75) is 107 Å². The molecule has 2 atom stereocenters. The Balaban J connectivity index is 0.000000179. The first kappa shape index (κ1) is 42.0. The fourth-order valence-electron chi connectivity index (χ4n) is 9.65. The molecule has 2 unspecified atom stereocenters. The number of benzene rings is 4. The second kappa shape index (κ2) is 20.7. The van der Waals surface area contributed by atoms with Gasteiger partial charge in [-0.3, -0.25) is 4.79 Å². The molecular weight excluding hydrogens is 730 g/mol. The molecule has 6 heteroatoms. The fourth-order valence-corrected chi connectivity index (χ4v) is 9.90. The van der Waals surface area contributed by atoms with E-state index in [2.05, 4.69) is 113 Å². The van der Waals surface area contributed by atoms with Crippen molar-refractivity contribution in [2.75, 3.05) is 32.7 Å². The number of rotatable bonds is 11. The minimum absolute atomic E-state index is 0.300. The van der Waals surface area contributed by atoms with Crippen LogP contribution in [-0.4, -0.2) is 64.7 Å². The summed E-state index contributed by atoms with van der Waals surface area (Å²) in [5.74, 6) is 3.96. The molecule has 2 aliphatic carbocycles. The van der Waals surface area contributed by atoms with Gasteiger partial charge in [-0.25, -0.2) is 0 Å². The standard InChI is InChI=1S/C24H28ClNO.C24H30ClN.CH3.Al.2H/c25-22-13-11-21(12-14-22)24(15-5-16-24)23(27)26-17-4-8-20(18-26)10-9-19-6-2-1-3-7-19;25-23-13-11-22(12-14-23)24(15-5-16-24)19-26-17-4-8-21(18-26)10-9-20-6-2-1-3-7-20;;;;/h1-3,6-7,11-14,20H,4-5,8-10,15-18H2;1-3,6-7,11-14,21H,4-5,8-10,15-19H2;1H3;;;. The molecule has 0 N–H and O–H groups in total. The number of aryl methyl sites for hydroxylation is 2. The van der Waals surface area contributed by atoms with Gasteiger partial charge in [-0.05, 0) is 142 Å². The van der Waals surface area contributed by atoms with Crippen molar-refractivity contribution in [1.29, 1.82) is 0 Å². The van der Waals surface area contributed by atoms with Crippen molar-refractivity contribution in [1.82, 2.24) is 9.80 Å². The Bertz CT molecular complexity index is 1720. The number of piperidine rings is 2. The Morgan fingerprint density at radius 1 is 0.618 bits per heavy atom. The number of amides is 1. The SMILES string of the molecule is Clc1ccc(C2(CN3CCCC(CCc4ccccc4)C3)CCC2)cc1.O=C(N1CCCC(CCc2ccccc2)C1)C1(c2ccc(Cl)cc2)CCC1.[CH3][AlH2]. The number of carbonyl (C=O) groups excluding carboxylic acids is 1. The van der Waals surface area contributed by atoms with E-state index < -0.39 is 0 Å². The maximum absolute atomic E-state index is 13.5. The van der Waals surface area contributed by atoms with Crippen molar-refractivity contribution < 1.29 is 4.79 Å². The smallest absolute Gasteiger partial charge is 0.233 e. The van der Waals surface area contributed by atoms with Gasteiger partial charge in [-0.2, -0.15) is 0 Å². The van der Waals surface area contributed by atoms with E-state index in [0.29, 0.717) is 17.2 Å². The monoisotopic (exact) mass is 792 g/mol. The molecule has 4 aliphatic rings. The summed E-state index contributed by atoms with van der Waals surface area (Å²) < 4.78 is 0. The molecule has 292 valence electrons. The molecule has 2 saturated heterocycles. The van der Waals surface area contributed by atoms with Crippen LogP contribution < -0.4 is 0 Å². The summed E-state index contributed by atoms with van der Waals surface area (Å²) in [7, 11) is 0. The van der Waals surface area contributed by atoms with Crippen LogP contribution in [0.3, 0.4) is 0 Å². The lowest BCUT2D eigenvalue weighted by atomic mass is 9.63. The van der Waals surface area contributed by atoms with Crippen LogP contribution in [0.2, 0.25) is 15.8 Å². The summed E-state index contributed by atoms with van der Waals surface area (Å²) in [4.78, 5) is 18.4. The molecule has 2 aliphatic heterocycles. The number of carbonyl (C=O) groups is 1. The highest BCUT2D eigenvalue weighted by Crippen LogP contribution is 2.47. The molecule has 0 radical (unpaired) electrons. The Hall–Kier alpha value is -2.58. The number of nitrogens with zero attached hydrogens (tertiary/aromatic N) is 2. The highest BCUT2D eigenvalue weighted by atomic mass is 35.5. The van der Waals surface area contributed by atoms with Gasteiger partial charge in [0, 0.05) is 41.6 Å². The quantitative estimate of drug-likeness (QED) is 0.141. The third-order valence-electron chi connectivity index (χ3n) is 13.1. The second-order valence-corrected chi connectivity index (χ2v) is 17.5. The topological polar surface area (TPSA) is 23.6 Å². The summed E-state index contributed by atoms with van der Waals surface area (Å²) in [5, 5.41) is 1.58. The summed E-state index contributed by atoms with van der Waals surface area (Å²) >= 11 is 13.5. The average molecular weight is 794 g/mol. The zero-order chi connectivity index (χ0) is 38.5. The van der Waals surface area contributed by atoms with Gasteiger partial charge in [0.25, 0.3) is 0 Å². The highest BCUT2D eigenvalue weighted by molar-refractivity contribution is 6.30. The molecule has 0 aromatic heterocycles. The summed E-state index contributed by atoms with van der Waals surface area (Å²) in [6.07, 6.45) is 17.1. The predicted molar refractivity (Wildman–Crippen MR) is 236 cm³/mol. The maximum atomic E-state index is 13.5. The number of hydrogen-bond donors (Lipinski definition) is 0. The Morgan fingerprint density at radius 2 is 1.11 bits per heavy atom. The number of likely N-dealkylation sites (tertiary alicyclic amines) is 2. The van der Waals surface area contributed by atoms with Gasteiger partial charge in [-0.1, -0.05) is 121 Å². The van der Waals surface area contributed by atoms with E-state index in [9.17, 15) is 4.79 Å². The predicted octanol–water partition coefficient (Wildman–Crippen LogP) is 11.4. The first-order valence-electron chi connectivity index (χ1n) is 21.5. The molecule has 0 bridgehead atoms. The lowest BCUT2D eigenvalue weighted by Crippen LogP contribution is -2.53. The van der Waals surface area contributed by atoms with Crippen molar-refractivity contribution in [3.63, 3.8) is 0 Å². The van der Waals surface area contributed by atoms with Crippen LogP contribution in [-0.2, 0) is 28.5 Å². The molecule has 2 saturated carbocycles. The zero-order valence-corrected chi connectivity index (χ0v) is 37.1. The van der Waals surface area contributed by atoms with Crippen LogP contribution in [0.1, 0.15) is 99.3 Å². The molecule has 0 spiro atoms. The minimum Gasteiger partial charge on any atom is -0.342 e. The Morgan fingerprint density at radius 3 is 1.60 bits per heavy atom. The fraction of sp³-hybridized carbons (Fsp3) is 0.490. The maximum Gasteiger partial charge on any atom is 0.233 e.